The molecule has 194 valence electrons. The maximum Gasteiger partial charge on any atom is 0.257 e. The van der Waals surface area contributed by atoms with E-state index in [1.807, 2.05) is 17.0 Å². The first-order valence-corrected chi connectivity index (χ1v) is 12.2. The third kappa shape index (κ3) is 5.38. The second-order valence-corrected chi connectivity index (χ2v) is 8.97. The van der Waals surface area contributed by atoms with Gasteiger partial charge in [0.1, 0.15) is 17.2 Å². The summed E-state index contributed by atoms with van der Waals surface area (Å²) in [5.41, 5.74) is 1.70. The summed E-state index contributed by atoms with van der Waals surface area (Å²) in [6.45, 7) is 2.96. The summed E-state index contributed by atoms with van der Waals surface area (Å²) in [7, 11) is 4.24. The number of allylic oxidation sites excluding steroid dienone is 2. The molecule has 1 aliphatic heterocycles. The largest absolute Gasteiger partial charge is 0.497 e. The van der Waals surface area contributed by atoms with Gasteiger partial charge in [-0.05, 0) is 56.0 Å². The summed E-state index contributed by atoms with van der Waals surface area (Å²) in [5, 5.41) is 0. The molecule has 1 aliphatic carbocycles. The van der Waals surface area contributed by atoms with Crippen molar-refractivity contribution in [1.29, 1.82) is 0 Å². The fourth-order valence-corrected chi connectivity index (χ4v) is 4.61. The quantitative estimate of drug-likeness (QED) is 0.483. The summed E-state index contributed by atoms with van der Waals surface area (Å²) < 4.78 is 21.7. The average molecular weight is 506 g/mol. The summed E-state index contributed by atoms with van der Waals surface area (Å²) in [4.78, 5) is 41.3. The van der Waals surface area contributed by atoms with Crippen LogP contribution in [0.5, 0.6) is 17.2 Å². The van der Waals surface area contributed by atoms with E-state index in [4.69, 9.17) is 18.9 Å². The van der Waals surface area contributed by atoms with Gasteiger partial charge in [0.25, 0.3) is 5.91 Å². The summed E-state index contributed by atoms with van der Waals surface area (Å²) in [6.07, 6.45) is 3.15. The van der Waals surface area contributed by atoms with Gasteiger partial charge in [-0.2, -0.15) is 0 Å². The molecule has 0 aromatic heterocycles. The van der Waals surface area contributed by atoms with Crippen LogP contribution in [-0.2, 0) is 25.5 Å². The minimum atomic E-state index is -0.405. The van der Waals surface area contributed by atoms with Gasteiger partial charge < -0.3 is 23.8 Å². The molecule has 0 radical (unpaired) electrons. The van der Waals surface area contributed by atoms with Crippen LogP contribution in [-0.4, -0.2) is 56.8 Å². The Morgan fingerprint density at radius 3 is 2.19 bits per heavy atom. The standard InChI is InChI=1S/C29H31NO7/c1-18-22(26(32)28(36-4)27(35-3)25(18)31)15-19-11-12-24(37-21-10-8-9-20(17-21)34-2)23(16-19)29(33)30-13-6-5-7-14-30/h8-12,16-17H,5-7,13-15H2,1-4H3. The second kappa shape index (κ2) is 11.3. The van der Waals surface area contributed by atoms with Gasteiger partial charge in [0, 0.05) is 36.7 Å². The lowest BCUT2D eigenvalue weighted by atomic mass is 9.88. The number of rotatable bonds is 8. The predicted octanol–water partition coefficient (Wildman–Crippen LogP) is 4.63. The normalized spacial score (nSPS) is 16.2. The van der Waals surface area contributed by atoms with Gasteiger partial charge in [-0.15, -0.1) is 0 Å². The fraction of sp³-hybridized carbons (Fsp3) is 0.345. The Balaban J connectivity index is 1.70. The van der Waals surface area contributed by atoms with Gasteiger partial charge in [0.05, 0.1) is 26.9 Å². The maximum atomic E-state index is 13.6. The molecule has 2 aromatic rings. The van der Waals surface area contributed by atoms with Crippen LogP contribution in [0.2, 0.25) is 0 Å². The van der Waals surface area contributed by atoms with Crippen LogP contribution in [0.3, 0.4) is 0 Å². The molecule has 0 N–H and O–H groups in total. The average Bonchev–Trinajstić information content (AvgIpc) is 2.93. The Labute approximate surface area is 216 Å². The van der Waals surface area contributed by atoms with Gasteiger partial charge in [-0.25, -0.2) is 0 Å². The van der Waals surface area contributed by atoms with Gasteiger partial charge in [-0.1, -0.05) is 12.1 Å². The Kier molecular flexibility index (Phi) is 7.96. The molecule has 1 fully saturated rings. The first-order valence-electron chi connectivity index (χ1n) is 12.2. The highest BCUT2D eigenvalue weighted by Gasteiger charge is 2.35. The molecular formula is C29H31NO7. The SMILES string of the molecule is COC1=C(OC)C(=O)C(Cc2ccc(Oc3cccc(OC)c3)c(C(=O)N3CCCCC3)c2)=C(C)C1=O. The van der Waals surface area contributed by atoms with Crippen molar-refractivity contribution in [3.63, 3.8) is 0 Å². The molecule has 0 unspecified atom stereocenters. The Hall–Kier alpha value is -4.07. The van der Waals surface area contributed by atoms with Gasteiger partial charge in [0.15, 0.2) is 0 Å². The van der Waals surface area contributed by atoms with E-state index in [0.29, 0.717) is 52.6 Å². The number of nitrogens with zero attached hydrogens (tertiary/aromatic N) is 1. The Bertz CT molecular complexity index is 1280. The third-order valence-electron chi connectivity index (χ3n) is 6.66. The van der Waals surface area contributed by atoms with Crippen LogP contribution in [0.15, 0.2) is 65.1 Å². The minimum absolute atomic E-state index is 0.100. The molecule has 2 aromatic carbocycles. The number of carbonyl (C=O) groups excluding carboxylic acids is 3. The van der Waals surface area contributed by atoms with Crippen molar-refractivity contribution in [2.45, 2.75) is 32.6 Å². The monoisotopic (exact) mass is 505 g/mol. The second-order valence-electron chi connectivity index (χ2n) is 8.97. The number of Topliss-reactive ketones (excluding diaryl/α,β-unsaturated/α-hetero) is 2. The fourth-order valence-electron chi connectivity index (χ4n) is 4.61. The smallest absolute Gasteiger partial charge is 0.257 e. The first kappa shape index (κ1) is 26.0. The zero-order chi connectivity index (χ0) is 26.5. The number of hydrogen-bond acceptors (Lipinski definition) is 7. The minimum Gasteiger partial charge on any atom is -0.497 e. The van der Waals surface area contributed by atoms with Gasteiger partial charge in [-0.3, -0.25) is 14.4 Å². The van der Waals surface area contributed by atoms with E-state index in [1.165, 1.54) is 14.2 Å². The van der Waals surface area contributed by atoms with Crippen LogP contribution in [0.25, 0.3) is 0 Å². The molecule has 0 spiro atoms. The van der Waals surface area contributed by atoms with E-state index in [1.54, 1.807) is 44.4 Å². The van der Waals surface area contributed by atoms with Crippen LogP contribution in [0, 0.1) is 0 Å². The van der Waals surface area contributed by atoms with E-state index >= 15 is 0 Å². The molecule has 0 atom stereocenters. The van der Waals surface area contributed by atoms with Crippen molar-refractivity contribution in [1.82, 2.24) is 4.90 Å². The molecule has 0 saturated carbocycles. The highest BCUT2D eigenvalue weighted by atomic mass is 16.5. The molecule has 8 nitrogen and oxygen atoms in total. The van der Waals surface area contributed by atoms with Crippen LogP contribution in [0.1, 0.15) is 42.1 Å². The molecule has 8 heteroatoms. The molecular weight excluding hydrogens is 474 g/mol. The molecule has 37 heavy (non-hydrogen) atoms. The number of hydrogen-bond donors (Lipinski definition) is 0. The summed E-state index contributed by atoms with van der Waals surface area (Å²) in [5.74, 6) is 0.437. The molecule has 1 saturated heterocycles. The lowest BCUT2D eigenvalue weighted by Gasteiger charge is -2.27. The predicted molar refractivity (Wildman–Crippen MR) is 137 cm³/mol. The number of carbonyl (C=O) groups is 3. The van der Waals surface area contributed by atoms with Crippen LogP contribution >= 0.6 is 0 Å². The molecule has 0 bridgehead atoms. The number of amides is 1. The van der Waals surface area contributed by atoms with E-state index in [-0.39, 0.29) is 23.8 Å². The molecule has 4 rings (SSSR count). The van der Waals surface area contributed by atoms with Crippen molar-refractivity contribution in [3.8, 4) is 17.2 Å². The zero-order valence-corrected chi connectivity index (χ0v) is 21.6. The lowest BCUT2D eigenvalue weighted by molar-refractivity contribution is -0.121. The number of likely N-dealkylation sites (tertiary alicyclic amines) is 1. The molecule has 1 amide bonds. The van der Waals surface area contributed by atoms with E-state index < -0.39 is 11.6 Å². The molecule has 1 heterocycles. The lowest BCUT2D eigenvalue weighted by Crippen LogP contribution is -2.35. The Morgan fingerprint density at radius 2 is 1.51 bits per heavy atom. The Morgan fingerprint density at radius 1 is 0.838 bits per heavy atom. The van der Waals surface area contributed by atoms with Crippen molar-refractivity contribution in [2.24, 2.45) is 0 Å². The van der Waals surface area contributed by atoms with E-state index in [9.17, 15) is 14.4 Å². The van der Waals surface area contributed by atoms with Gasteiger partial charge in [0.2, 0.25) is 23.1 Å². The third-order valence-corrected chi connectivity index (χ3v) is 6.66. The van der Waals surface area contributed by atoms with E-state index in [2.05, 4.69) is 0 Å². The number of piperidine rings is 1. The summed E-state index contributed by atoms with van der Waals surface area (Å²) in [6, 6.07) is 12.4. The van der Waals surface area contributed by atoms with Crippen molar-refractivity contribution < 1.29 is 33.3 Å². The maximum absolute atomic E-state index is 13.6. The number of methoxy groups -OCH3 is 3. The van der Waals surface area contributed by atoms with Crippen molar-refractivity contribution in [3.05, 3.63) is 76.3 Å². The number of ether oxygens (including phenoxy) is 4. The topological polar surface area (TPSA) is 91.4 Å². The number of benzene rings is 2. The molecule has 2 aliphatic rings. The zero-order valence-electron chi connectivity index (χ0n) is 21.6. The van der Waals surface area contributed by atoms with E-state index in [0.717, 1.165) is 19.3 Å². The van der Waals surface area contributed by atoms with Crippen LogP contribution < -0.4 is 9.47 Å². The summed E-state index contributed by atoms with van der Waals surface area (Å²) >= 11 is 0. The van der Waals surface area contributed by atoms with Gasteiger partial charge >= 0.3 is 0 Å². The van der Waals surface area contributed by atoms with Crippen LogP contribution in [0.4, 0.5) is 0 Å². The highest BCUT2D eigenvalue weighted by Crippen LogP contribution is 2.33. The van der Waals surface area contributed by atoms with Crippen molar-refractivity contribution >= 4 is 17.5 Å². The highest BCUT2D eigenvalue weighted by molar-refractivity contribution is 6.23. The van der Waals surface area contributed by atoms with Crippen molar-refractivity contribution in [2.75, 3.05) is 34.4 Å². The first-order chi connectivity index (χ1) is 17.9. The number of ketones is 2.